The Morgan fingerprint density at radius 3 is 2.35 bits per heavy atom. The van der Waals surface area contributed by atoms with Gasteiger partial charge in [-0.2, -0.15) is 0 Å². The highest BCUT2D eigenvalue weighted by Crippen LogP contribution is 2.27. The summed E-state index contributed by atoms with van der Waals surface area (Å²) >= 11 is 0. The van der Waals surface area contributed by atoms with Gasteiger partial charge < -0.3 is 5.32 Å². The molecule has 0 aromatic heterocycles. The Balaban J connectivity index is 0.000000233. The van der Waals surface area contributed by atoms with Crippen molar-refractivity contribution >= 4 is 16.6 Å². The van der Waals surface area contributed by atoms with E-state index in [1.165, 1.54) is 47.6 Å². The van der Waals surface area contributed by atoms with E-state index in [1.807, 2.05) is 32.2 Å². The molecule has 2 nitrogen and oxygen atoms in total. The number of aryl methyl sites for hydroxylation is 2. The van der Waals surface area contributed by atoms with E-state index in [0.29, 0.717) is 5.92 Å². The second-order valence-electron chi connectivity index (χ2n) is 8.75. The van der Waals surface area contributed by atoms with Gasteiger partial charge in [-0.3, -0.25) is 4.79 Å². The number of unbranched alkanes of at least 4 members (excludes halogenated alkanes) is 2. The normalized spacial score (nSPS) is 10.8. The van der Waals surface area contributed by atoms with Crippen molar-refractivity contribution < 1.29 is 4.79 Å². The van der Waals surface area contributed by atoms with E-state index in [2.05, 4.69) is 62.5 Å². The summed E-state index contributed by atoms with van der Waals surface area (Å²) in [6.07, 6.45) is 5.17. The summed E-state index contributed by atoms with van der Waals surface area (Å²) in [7, 11) is 1.90. The molecule has 0 fully saturated rings. The number of Topliss-reactive ketones (excluding diaryl/α,β-unsaturated/α-hetero) is 1. The molecular weight excluding hydrogens is 378 g/mol. The first kappa shape index (κ1) is 24.8. The Morgan fingerprint density at radius 2 is 1.71 bits per heavy atom. The monoisotopic (exact) mass is 417 g/mol. The fourth-order valence-corrected chi connectivity index (χ4v) is 3.97. The predicted octanol–water partition coefficient (Wildman–Crippen LogP) is 7.61. The van der Waals surface area contributed by atoms with Crippen LogP contribution in [-0.4, -0.2) is 12.8 Å². The zero-order valence-corrected chi connectivity index (χ0v) is 20.2. The van der Waals surface area contributed by atoms with E-state index in [1.54, 1.807) is 6.92 Å². The average Bonchev–Trinajstić information content (AvgIpc) is 2.75. The molecule has 0 heterocycles. The molecule has 166 valence electrons. The lowest BCUT2D eigenvalue weighted by Gasteiger charge is -2.13. The SMILES string of the molecule is CCCCCc1cc(C(C)C)c2ccccc2c1.CNCc1ccc(C)c(C(C)=O)c1. The van der Waals surface area contributed by atoms with Crippen molar-refractivity contribution in [3.63, 3.8) is 0 Å². The number of carbonyl (C=O) groups excluding carboxylic acids is 1. The highest BCUT2D eigenvalue weighted by molar-refractivity contribution is 5.95. The largest absolute Gasteiger partial charge is 0.316 e. The molecule has 1 N–H and O–H groups in total. The van der Waals surface area contributed by atoms with Crippen LogP contribution >= 0.6 is 0 Å². The van der Waals surface area contributed by atoms with Crippen LogP contribution in [0.1, 0.15) is 85.5 Å². The van der Waals surface area contributed by atoms with Gasteiger partial charge >= 0.3 is 0 Å². The average molecular weight is 418 g/mol. The molecule has 0 radical (unpaired) electrons. The van der Waals surface area contributed by atoms with Crippen LogP contribution in [0.5, 0.6) is 0 Å². The predicted molar refractivity (Wildman–Crippen MR) is 135 cm³/mol. The topological polar surface area (TPSA) is 29.1 Å². The molecule has 0 atom stereocenters. The highest BCUT2D eigenvalue weighted by Gasteiger charge is 2.07. The number of benzene rings is 3. The zero-order valence-electron chi connectivity index (χ0n) is 20.2. The van der Waals surface area contributed by atoms with Gasteiger partial charge in [0.25, 0.3) is 0 Å². The van der Waals surface area contributed by atoms with E-state index in [0.717, 1.165) is 23.2 Å². The van der Waals surface area contributed by atoms with Gasteiger partial charge in [0, 0.05) is 12.1 Å². The van der Waals surface area contributed by atoms with Crippen molar-refractivity contribution in [2.24, 2.45) is 0 Å². The van der Waals surface area contributed by atoms with Crippen LogP contribution in [0.25, 0.3) is 10.8 Å². The molecule has 0 aliphatic rings. The number of fused-ring (bicyclic) bond motifs is 1. The minimum Gasteiger partial charge on any atom is -0.316 e. The molecule has 0 unspecified atom stereocenters. The Labute approximate surface area is 189 Å². The number of ketones is 1. The summed E-state index contributed by atoms with van der Waals surface area (Å²) < 4.78 is 0. The molecule has 0 bridgehead atoms. The molecule has 0 saturated carbocycles. The number of hydrogen-bond acceptors (Lipinski definition) is 2. The number of hydrogen-bond donors (Lipinski definition) is 1. The fourth-order valence-electron chi connectivity index (χ4n) is 3.97. The van der Waals surface area contributed by atoms with Crippen LogP contribution in [-0.2, 0) is 13.0 Å². The number of nitrogens with one attached hydrogen (secondary N) is 1. The van der Waals surface area contributed by atoms with E-state index < -0.39 is 0 Å². The first-order valence-corrected chi connectivity index (χ1v) is 11.6. The fraction of sp³-hybridized carbons (Fsp3) is 0.414. The molecule has 0 amide bonds. The molecule has 3 rings (SSSR count). The summed E-state index contributed by atoms with van der Waals surface area (Å²) in [4.78, 5) is 11.2. The van der Waals surface area contributed by atoms with Crippen molar-refractivity contribution in [2.45, 2.75) is 72.8 Å². The lowest BCUT2D eigenvalue weighted by atomic mass is 9.92. The van der Waals surface area contributed by atoms with E-state index in [-0.39, 0.29) is 5.78 Å². The third kappa shape index (κ3) is 7.33. The lowest BCUT2D eigenvalue weighted by Crippen LogP contribution is -2.06. The van der Waals surface area contributed by atoms with E-state index >= 15 is 0 Å². The van der Waals surface area contributed by atoms with Gasteiger partial charge in [0.15, 0.2) is 5.78 Å². The molecule has 3 aromatic rings. The lowest BCUT2D eigenvalue weighted by molar-refractivity contribution is 0.101. The van der Waals surface area contributed by atoms with E-state index in [4.69, 9.17) is 0 Å². The van der Waals surface area contributed by atoms with Crippen LogP contribution < -0.4 is 5.32 Å². The van der Waals surface area contributed by atoms with Gasteiger partial charge in [-0.15, -0.1) is 0 Å². The Kier molecular flexibility index (Phi) is 9.94. The van der Waals surface area contributed by atoms with Crippen LogP contribution in [0.3, 0.4) is 0 Å². The second-order valence-corrected chi connectivity index (χ2v) is 8.75. The molecule has 3 aromatic carbocycles. The van der Waals surface area contributed by atoms with Crippen LogP contribution in [0, 0.1) is 6.92 Å². The highest BCUT2D eigenvalue weighted by atomic mass is 16.1. The number of carbonyl (C=O) groups is 1. The summed E-state index contributed by atoms with van der Waals surface area (Å²) in [5.41, 5.74) is 6.03. The van der Waals surface area contributed by atoms with Gasteiger partial charge in [0.2, 0.25) is 0 Å². The molecule has 2 heteroatoms. The Morgan fingerprint density at radius 1 is 0.968 bits per heavy atom. The van der Waals surface area contributed by atoms with Crippen molar-refractivity contribution in [1.29, 1.82) is 0 Å². The quantitative estimate of drug-likeness (QED) is 0.302. The standard InChI is InChI=1S/C18H24.C11H15NO/c1-4-5-6-9-15-12-16-10-7-8-11-17(16)18(13-15)14(2)3;1-8-4-5-10(7-12-3)6-11(8)9(2)13/h7-8,10-14H,4-6,9H2,1-3H3;4-6,12H,7H2,1-3H3. The molecule has 0 aliphatic carbocycles. The first-order valence-electron chi connectivity index (χ1n) is 11.6. The van der Waals surface area contributed by atoms with Crippen LogP contribution in [0.4, 0.5) is 0 Å². The molecule has 0 saturated heterocycles. The van der Waals surface area contributed by atoms with Gasteiger partial charge in [-0.1, -0.05) is 82.1 Å². The third-order valence-corrected chi connectivity index (χ3v) is 5.71. The van der Waals surface area contributed by atoms with Crippen LogP contribution in [0.2, 0.25) is 0 Å². The van der Waals surface area contributed by atoms with Gasteiger partial charge in [0.05, 0.1) is 0 Å². The maximum absolute atomic E-state index is 11.2. The Hall–Kier alpha value is -2.45. The maximum Gasteiger partial charge on any atom is 0.160 e. The Bertz CT molecular complexity index is 987. The second kappa shape index (κ2) is 12.4. The molecule has 0 aliphatic heterocycles. The summed E-state index contributed by atoms with van der Waals surface area (Å²) in [6, 6.07) is 19.5. The minimum absolute atomic E-state index is 0.135. The van der Waals surface area contributed by atoms with Crippen molar-refractivity contribution in [2.75, 3.05) is 7.05 Å². The maximum atomic E-state index is 11.2. The first-order chi connectivity index (χ1) is 14.9. The van der Waals surface area contributed by atoms with Gasteiger partial charge in [-0.05, 0) is 78.7 Å². The summed E-state index contributed by atoms with van der Waals surface area (Å²) in [5, 5.41) is 5.88. The minimum atomic E-state index is 0.135. The van der Waals surface area contributed by atoms with Gasteiger partial charge in [0.1, 0.15) is 0 Å². The smallest absolute Gasteiger partial charge is 0.160 e. The third-order valence-electron chi connectivity index (χ3n) is 5.71. The summed E-state index contributed by atoms with van der Waals surface area (Å²) in [5.74, 6) is 0.733. The van der Waals surface area contributed by atoms with Gasteiger partial charge in [-0.25, -0.2) is 0 Å². The molecule has 31 heavy (non-hydrogen) atoms. The van der Waals surface area contributed by atoms with Crippen LogP contribution in [0.15, 0.2) is 54.6 Å². The molecular formula is C29H39NO. The zero-order chi connectivity index (χ0) is 22.8. The molecule has 0 spiro atoms. The summed E-state index contributed by atoms with van der Waals surface area (Å²) in [6.45, 7) is 11.2. The van der Waals surface area contributed by atoms with E-state index in [9.17, 15) is 4.79 Å². The van der Waals surface area contributed by atoms with Crippen molar-refractivity contribution in [3.05, 3.63) is 82.4 Å². The number of rotatable bonds is 8. The van der Waals surface area contributed by atoms with Crippen molar-refractivity contribution in [3.8, 4) is 0 Å². The van der Waals surface area contributed by atoms with Crippen molar-refractivity contribution in [1.82, 2.24) is 5.32 Å².